The van der Waals surface area contributed by atoms with Crippen LogP contribution < -0.4 is 10.6 Å². The van der Waals surface area contributed by atoms with Crippen molar-refractivity contribution in [2.24, 2.45) is 7.05 Å². The van der Waals surface area contributed by atoms with Crippen LogP contribution in [0.4, 0.5) is 16.3 Å². The fourth-order valence-corrected chi connectivity index (χ4v) is 1.54. The number of hydrogen-bond acceptors (Lipinski definition) is 2. The Bertz CT molecular complexity index is 537. The van der Waals surface area contributed by atoms with Gasteiger partial charge in [-0.1, -0.05) is 17.7 Å². The van der Waals surface area contributed by atoms with E-state index in [0.717, 1.165) is 16.9 Å². The van der Waals surface area contributed by atoms with Crippen LogP contribution in [0.3, 0.4) is 0 Å². The highest BCUT2D eigenvalue weighted by molar-refractivity contribution is 5.99. The Morgan fingerprint density at radius 1 is 1.17 bits per heavy atom. The number of hydrogen-bond donors (Lipinski definition) is 2. The van der Waals surface area contributed by atoms with Gasteiger partial charge in [-0.05, 0) is 26.0 Å². The summed E-state index contributed by atoms with van der Waals surface area (Å²) in [6.07, 6.45) is 0. The fraction of sp³-hybridized carbons (Fsp3) is 0.231. The first-order chi connectivity index (χ1) is 8.54. The van der Waals surface area contributed by atoms with Crippen molar-refractivity contribution in [1.82, 2.24) is 9.78 Å². The molecule has 0 aliphatic rings. The molecule has 0 bridgehead atoms. The average Bonchev–Trinajstić information content (AvgIpc) is 2.61. The minimum Gasteiger partial charge on any atom is -0.308 e. The molecule has 0 saturated carbocycles. The first kappa shape index (κ1) is 12.2. The van der Waals surface area contributed by atoms with Crippen LogP contribution in [0.25, 0.3) is 0 Å². The number of carbonyl (C=O) groups is 1. The molecule has 0 spiro atoms. The number of aryl methyl sites for hydroxylation is 3. The molecule has 0 aliphatic heterocycles. The van der Waals surface area contributed by atoms with Crippen molar-refractivity contribution in [1.29, 1.82) is 0 Å². The van der Waals surface area contributed by atoms with Gasteiger partial charge in [0.05, 0.1) is 0 Å². The summed E-state index contributed by atoms with van der Waals surface area (Å²) >= 11 is 0. The van der Waals surface area contributed by atoms with Crippen molar-refractivity contribution >= 4 is 17.5 Å². The van der Waals surface area contributed by atoms with Crippen LogP contribution in [0.2, 0.25) is 0 Å². The van der Waals surface area contributed by atoms with Crippen LogP contribution in [0.5, 0.6) is 0 Å². The molecule has 1 heterocycles. The Labute approximate surface area is 106 Å². The predicted octanol–water partition coefficient (Wildman–Crippen LogP) is 2.68. The minimum atomic E-state index is -0.294. The molecule has 2 N–H and O–H groups in total. The van der Waals surface area contributed by atoms with E-state index in [-0.39, 0.29) is 6.03 Å². The lowest BCUT2D eigenvalue weighted by Gasteiger charge is -2.05. The number of nitrogens with zero attached hydrogens (tertiary/aromatic N) is 2. The maximum absolute atomic E-state index is 11.7. The van der Waals surface area contributed by atoms with Gasteiger partial charge >= 0.3 is 6.03 Å². The molecule has 1 aromatic heterocycles. The Morgan fingerprint density at radius 2 is 1.83 bits per heavy atom. The molecular weight excluding hydrogens is 228 g/mol. The fourth-order valence-electron chi connectivity index (χ4n) is 1.54. The number of urea groups is 1. The number of nitrogens with one attached hydrogen (secondary N) is 2. The Kier molecular flexibility index (Phi) is 3.32. The van der Waals surface area contributed by atoms with Gasteiger partial charge < -0.3 is 5.32 Å². The Morgan fingerprint density at radius 3 is 2.39 bits per heavy atom. The average molecular weight is 244 g/mol. The molecule has 2 rings (SSSR count). The summed E-state index contributed by atoms with van der Waals surface area (Å²) in [6.45, 7) is 3.93. The molecule has 2 aromatic rings. The summed E-state index contributed by atoms with van der Waals surface area (Å²) in [6, 6.07) is 9.13. The van der Waals surface area contributed by atoms with Crippen LogP contribution in [0.1, 0.15) is 11.3 Å². The van der Waals surface area contributed by atoms with Crippen LogP contribution in [-0.2, 0) is 7.05 Å². The zero-order valence-electron chi connectivity index (χ0n) is 10.7. The second-order valence-corrected chi connectivity index (χ2v) is 4.24. The minimum absolute atomic E-state index is 0.294. The topological polar surface area (TPSA) is 59.0 Å². The molecule has 0 fully saturated rings. The van der Waals surface area contributed by atoms with Gasteiger partial charge in [0.2, 0.25) is 0 Å². The van der Waals surface area contributed by atoms with Crippen LogP contribution >= 0.6 is 0 Å². The zero-order chi connectivity index (χ0) is 13.1. The third-order valence-electron chi connectivity index (χ3n) is 2.66. The Balaban J connectivity index is 1.98. The number of benzene rings is 1. The van der Waals surface area contributed by atoms with E-state index in [2.05, 4.69) is 15.7 Å². The summed E-state index contributed by atoms with van der Waals surface area (Å²) in [5.74, 6) is 0.541. The van der Waals surface area contributed by atoms with Gasteiger partial charge in [0, 0.05) is 24.5 Å². The standard InChI is InChI=1S/C13H16N4O/c1-9-4-6-11(7-5-9)14-13(18)15-12-8-10(2)17(3)16-12/h4-8H,1-3H3,(H2,14,15,16,18). The third-order valence-corrected chi connectivity index (χ3v) is 2.66. The highest BCUT2D eigenvalue weighted by atomic mass is 16.2. The van der Waals surface area contributed by atoms with E-state index in [1.165, 1.54) is 0 Å². The Hall–Kier alpha value is -2.30. The third kappa shape index (κ3) is 2.88. The SMILES string of the molecule is Cc1ccc(NC(=O)Nc2cc(C)n(C)n2)cc1. The van der Waals surface area contributed by atoms with Gasteiger partial charge in [0.15, 0.2) is 5.82 Å². The molecular formula is C13H16N4O. The quantitative estimate of drug-likeness (QED) is 0.853. The molecule has 0 unspecified atom stereocenters. The summed E-state index contributed by atoms with van der Waals surface area (Å²) in [5, 5.41) is 9.58. The van der Waals surface area contributed by atoms with E-state index in [0.29, 0.717) is 5.82 Å². The second-order valence-electron chi connectivity index (χ2n) is 4.24. The first-order valence-electron chi connectivity index (χ1n) is 5.70. The van der Waals surface area contributed by atoms with E-state index in [4.69, 9.17) is 0 Å². The van der Waals surface area contributed by atoms with E-state index >= 15 is 0 Å². The van der Waals surface area contributed by atoms with E-state index in [1.807, 2.05) is 51.2 Å². The number of carbonyl (C=O) groups excluding carboxylic acids is 1. The van der Waals surface area contributed by atoms with Gasteiger partial charge in [0.25, 0.3) is 0 Å². The predicted molar refractivity (Wildman–Crippen MR) is 71.8 cm³/mol. The normalized spacial score (nSPS) is 10.2. The molecule has 1 aromatic carbocycles. The molecule has 5 nitrogen and oxygen atoms in total. The van der Waals surface area contributed by atoms with Crippen LogP contribution in [-0.4, -0.2) is 15.8 Å². The van der Waals surface area contributed by atoms with Gasteiger partial charge in [-0.3, -0.25) is 10.00 Å². The van der Waals surface area contributed by atoms with Gasteiger partial charge in [0.1, 0.15) is 0 Å². The number of aromatic nitrogens is 2. The molecule has 0 atom stereocenters. The van der Waals surface area contributed by atoms with E-state index < -0.39 is 0 Å². The second kappa shape index (κ2) is 4.91. The lowest BCUT2D eigenvalue weighted by molar-refractivity contribution is 0.262. The maximum atomic E-state index is 11.7. The molecule has 5 heteroatoms. The first-order valence-corrected chi connectivity index (χ1v) is 5.70. The van der Waals surface area contributed by atoms with E-state index in [1.54, 1.807) is 4.68 Å². The molecule has 2 amide bonds. The molecule has 0 aliphatic carbocycles. The van der Waals surface area contributed by atoms with Gasteiger partial charge in [-0.25, -0.2) is 4.79 Å². The number of rotatable bonds is 2. The van der Waals surface area contributed by atoms with Crippen molar-refractivity contribution in [3.63, 3.8) is 0 Å². The van der Waals surface area contributed by atoms with Gasteiger partial charge in [-0.2, -0.15) is 5.10 Å². The van der Waals surface area contributed by atoms with E-state index in [9.17, 15) is 4.79 Å². The molecule has 18 heavy (non-hydrogen) atoms. The van der Waals surface area contributed by atoms with Crippen LogP contribution in [0, 0.1) is 13.8 Å². The highest BCUT2D eigenvalue weighted by Gasteiger charge is 2.06. The summed E-state index contributed by atoms with van der Waals surface area (Å²) < 4.78 is 1.71. The highest BCUT2D eigenvalue weighted by Crippen LogP contribution is 2.10. The van der Waals surface area contributed by atoms with Crippen LogP contribution in [0.15, 0.2) is 30.3 Å². The van der Waals surface area contributed by atoms with Crippen molar-refractivity contribution < 1.29 is 4.79 Å². The number of anilines is 2. The monoisotopic (exact) mass is 244 g/mol. The zero-order valence-corrected chi connectivity index (χ0v) is 10.7. The lowest BCUT2D eigenvalue weighted by Crippen LogP contribution is -2.19. The molecule has 0 radical (unpaired) electrons. The van der Waals surface area contributed by atoms with Crippen molar-refractivity contribution in [3.8, 4) is 0 Å². The van der Waals surface area contributed by atoms with Gasteiger partial charge in [-0.15, -0.1) is 0 Å². The maximum Gasteiger partial charge on any atom is 0.324 e. The van der Waals surface area contributed by atoms with Crippen molar-refractivity contribution in [2.75, 3.05) is 10.6 Å². The van der Waals surface area contributed by atoms with Crippen molar-refractivity contribution in [2.45, 2.75) is 13.8 Å². The molecule has 94 valence electrons. The van der Waals surface area contributed by atoms with Crippen molar-refractivity contribution in [3.05, 3.63) is 41.6 Å². The summed E-state index contributed by atoms with van der Waals surface area (Å²) in [4.78, 5) is 11.7. The summed E-state index contributed by atoms with van der Waals surface area (Å²) in [7, 11) is 1.83. The molecule has 0 saturated heterocycles. The summed E-state index contributed by atoms with van der Waals surface area (Å²) in [5.41, 5.74) is 2.90. The smallest absolute Gasteiger partial charge is 0.308 e. The largest absolute Gasteiger partial charge is 0.324 e. The lowest BCUT2D eigenvalue weighted by atomic mass is 10.2. The number of amides is 2.